The van der Waals surface area contributed by atoms with Gasteiger partial charge in [0.15, 0.2) is 0 Å². The van der Waals surface area contributed by atoms with E-state index in [9.17, 15) is 4.79 Å². The van der Waals surface area contributed by atoms with Crippen LogP contribution in [0.4, 0.5) is 0 Å². The number of hydrogen-bond acceptors (Lipinski definition) is 4. The van der Waals surface area contributed by atoms with Gasteiger partial charge in [-0.15, -0.1) is 11.3 Å². The highest BCUT2D eigenvalue weighted by Crippen LogP contribution is 2.13. The number of hydrogen-bond donors (Lipinski definition) is 1. The zero-order valence-electron chi connectivity index (χ0n) is 8.93. The highest BCUT2D eigenvalue weighted by molar-refractivity contribution is 7.17. The molecule has 0 fully saturated rings. The Kier molecular flexibility index (Phi) is 3.69. The Morgan fingerprint density at radius 3 is 3.06 bits per heavy atom. The second-order valence-electron chi connectivity index (χ2n) is 3.66. The zero-order chi connectivity index (χ0) is 11.4. The number of nitrogens with zero attached hydrogens (tertiary/aromatic N) is 2. The summed E-state index contributed by atoms with van der Waals surface area (Å²) >= 11 is 1.44. The molecule has 86 valence electrons. The van der Waals surface area contributed by atoms with Crippen molar-refractivity contribution >= 4 is 21.6 Å². The van der Waals surface area contributed by atoms with Gasteiger partial charge >= 0.3 is 0 Å². The number of aryl methyl sites for hydroxylation is 1. The molecule has 5 heteroatoms. The van der Waals surface area contributed by atoms with Crippen LogP contribution in [0.25, 0.3) is 10.2 Å². The average molecular weight is 238 g/mol. The Balaban J connectivity index is 2.12. The molecule has 0 aliphatic heterocycles. The van der Waals surface area contributed by atoms with E-state index in [1.165, 1.54) is 11.3 Å². The van der Waals surface area contributed by atoms with Crippen LogP contribution in [0, 0.1) is 0 Å². The first kappa shape index (κ1) is 11.3. The van der Waals surface area contributed by atoms with Gasteiger partial charge in [-0.1, -0.05) is 0 Å². The molecule has 1 N–H and O–H groups in total. The molecule has 0 saturated heterocycles. The molecular formula is C11H14N2O2S. The van der Waals surface area contributed by atoms with Crippen molar-refractivity contribution in [2.24, 2.45) is 0 Å². The maximum absolute atomic E-state index is 11.9. The molecule has 0 saturated carbocycles. The molecule has 0 atom stereocenters. The van der Waals surface area contributed by atoms with E-state index >= 15 is 0 Å². The predicted molar refractivity (Wildman–Crippen MR) is 64.8 cm³/mol. The van der Waals surface area contributed by atoms with Crippen molar-refractivity contribution in [2.45, 2.75) is 25.8 Å². The van der Waals surface area contributed by atoms with Crippen LogP contribution in [-0.4, -0.2) is 21.3 Å². The van der Waals surface area contributed by atoms with Gasteiger partial charge < -0.3 is 5.11 Å². The molecule has 0 aliphatic rings. The molecule has 2 rings (SSSR count). The molecule has 0 amide bonds. The van der Waals surface area contributed by atoms with E-state index in [1.54, 1.807) is 10.9 Å². The van der Waals surface area contributed by atoms with E-state index < -0.39 is 0 Å². The van der Waals surface area contributed by atoms with E-state index in [-0.39, 0.29) is 12.2 Å². The average Bonchev–Trinajstić information content (AvgIpc) is 2.76. The highest BCUT2D eigenvalue weighted by Gasteiger charge is 2.04. The Morgan fingerprint density at radius 2 is 2.25 bits per heavy atom. The molecule has 16 heavy (non-hydrogen) atoms. The van der Waals surface area contributed by atoms with E-state index in [0.29, 0.717) is 6.54 Å². The molecule has 0 bridgehead atoms. The largest absolute Gasteiger partial charge is 0.396 e. The molecule has 0 aliphatic carbocycles. The number of fused-ring (bicyclic) bond motifs is 1. The molecule has 0 radical (unpaired) electrons. The van der Waals surface area contributed by atoms with Gasteiger partial charge in [0.1, 0.15) is 4.70 Å². The smallest absolute Gasteiger partial charge is 0.271 e. The van der Waals surface area contributed by atoms with Gasteiger partial charge in [-0.25, -0.2) is 4.98 Å². The highest BCUT2D eigenvalue weighted by atomic mass is 32.1. The topological polar surface area (TPSA) is 55.1 Å². The molecule has 2 aromatic heterocycles. The third-order valence-electron chi connectivity index (χ3n) is 2.49. The number of aliphatic hydroxyl groups is 1. The lowest BCUT2D eigenvalue weighted by molar-refractivity contribution is 0.281. The van der Waals surface area contributed by atoms with E-state index in [2.05, 4.69) is 4.98 Å². The fourth-order valence-corrected chi connectivity index (χ4v) is 2.40. The third kappa shape index (κ3) is 2.31. The van der Waals surface area contributed by atoms with Gasteiger partial charge in [0.2, 0.25) is 0 Å². The van der Waals surface area contributed by atoms with Crippen molar-refractivity contribution in [3.8, 4) is 0 Å². The van der Waals surface area contributed by atoms with Crippen LogP contribution in [0.3, 0.4) is 0 Å². The number of thiophene rings is 1. The molecule has 0 spiro atoms. The van der Waals surface area contributed by atoms with E-state index in [4.69, 9.17) is 5.11 Å². The van der Waals surface area contributed by atoms with Crippen molar-refractivity contribution in [3.05, 3.63) is 28.1 Å². The summed E-state index contributed by atoms with van der Waals surface area (Å²) in [7, 11) is 0. The fourth-order valence-electron chi connectivity index (χ4n) is 1.61. The van der Waals surface area contributed by atoms with Crippen LogP contribution in [-0.2, 0) is 6.54 Å². The van der Waals surface area contributed by atoms with Gasteiger partial charge in [0.05, 0.1) is 11.8 Å². The number of aromatic nitrogens is 2. The first-order valence-corrected chi connectivity index (χ1v) is 6.24. The van der Waals surface area contributed by atoms with Crippen molar-refractivity contribution in [1.29, 1.82) is 0 Å². The van der Waals surface area contributed by atoms with E-state index in [0.717, 1.165) is 29.5 Å². The summed E-state index contributed by atoms with van der Waals surface area (Å²) in [6.07, 6.45) is 4.24. The lowest BCUT2D eigenvalue weighted by atomic mass is 10.2. The standard InChI is InChI=1S/C11H14N2O2S/c14-6-3-1-2-5-13-8-12-9-4-7-16-10(9)11(13)15/h4,7-8,14H,1-3,5-6H2. The Morgan fingerprint density at radius 1 is 1.38 bits per heavy atom. The van der Waals surface area contributed by atoms with Crippen LogP contribution < -0.4 is 5.56 Å². The summed E-state index contributed by atoms with van der Waals surface area (Å²) in [5.74, 6) is 0. The Labute approximate surface area is 97.2 Å². The van der Waals surface area contributed by atoms with Gasteiger partial charge in [0.25, 0.3) is 5.56 Å². The summed E-state index contributed by atoms with van der Waals surface area (Å²) in [6.45, 7) is 0.900. The first-order chi connectivity index (χ1) is 7.83. The summed E-state index contributed by atoms with van der Waals surface area (Å²) < 4.78 is 2.38. The maximum Gasteiger partial charge on any atom is 0.271 e. The van der Waals surface area contributed by atoms with Crippen LogP contribution >= 0.6 is 11.3 Å². The normalized spacial score (nSPS) is 11.1. The van der Waals surface area contributed by atoms with Crippen LogP contribution in [0.5, 0.6) is 0 Å². The second kappa shape index (κ2) is 5.23. The molecular weight excluding hydrogens is 224 g/mol. The predicted octanol–water partition coefficient (Wildman–Crippen LogP) is 1.62. The van der Waals surface area contributed by atoms with Crippen LogP contribution in [0.15, 0.2) is 22.6 Å². The minimum absolute atomic E-state index is 0.0454. The lowest BCUT2D eigenvalue weighted by Crippen LogP contribution is -2.19. The van der Waals surface area contributed by atoms with Crippen molar-refractivity contribution < 1.29 is 5.11 Å². The minimum atomic E-state index is 0.0454. The van der Waals surface area contributed by atoms with Crippen molar-refractivity contribution in [3.63, 3.8) is 0 Å². The maximum atomic E-state index is 11.9. The van der Waals surface area contributed by atoms with Gasteiger partial charge in [-0.3, -0.25) is 9.36 Å². The number of aliphatic hydroxyl groups excluding tert-OH is 1. The van der Waals surface area contributed by atoms with Gasteiger partial charge in [0, 0.05) is 13.2 Å². The summed E-state index contributed by atoms with van der Waals surface area (Å²) in [5.41, 5.74) is 0.825. The Hall–Kier alpha value is -1.20. The van der Waals surface area contributed by atoms with Gasteiger partial charge in [-0.05, 0) is 30.7 Å². The fraction of sp³-hybridized carbons (Fsp3) is 0.455. The molecule has 2 aromatic rings. The van der Waals surface area contributed by atoms with Gasteiger partial charge in [-0.2, -0.15) is 0 Å². The second-order valence-corrected chi connectivity index (χ2v) is 4.58. The van der Waals surface area contributed by atoms with Crippen molar-refractivity contribution in [1.82, 2.24) is 9.55 Å². The zero-order valence-corrected chi connectivity index (χ0v) is 9.74. The Bertz CT molecular complexity index is 518. The molecule has 0 unspecified atom stereocenters. The number of rotatable bonds is 5. The molecule has 0 aromatic carbocycles. The van der Waals surface area contributed by atoms with Crippen LogP contribution in [0.2, 0.25) is 0 Å². The molecule has 4 nitrogen and oxygen atoms in total. The first-order valence-electron chi connectivity index (χ1n) is 5.36. The lowest BCUT2D eigenvalue weighted by Gasteiger charge is -2.04. The molecule has 2 heterocycles. The minimum Gasteiger partial charge on any atom is -0.396 e. The quantitative estimate of drug-likeness (QED) is 0.805. The summed E-state index contributed by atoms with van der Waals surface area (Å²) in [6, 6.07) is 1.86. The monoisotopic (exact) mass is 238 g/mol. The SMILES string of the molecule is O=c1c2sccc2ncn1CCCCCO. The number of unbranched alkanes of at least 4 members (excludes halogenated alkanes) is 2. The summed E-state index contributed by atoms with van der Waals surface area (Å²) in [4.78, 5) is 16.2. The van der Waals surface area contributed by atoms with Crippen molar-refractivity contribution in [2.75, 3.05) is 6.61 Å². The summed E-state index contributed by atoms with van der Waals surface area (Å²) in [5, 5.41) is 10.5. The van der Waals surface area contributed by atoms with E-state index in [1.807, 2.05) is 11.4 Å². The third-order valence-corrected chi connectivity index (χ3v) is 3.38. The van der Waals surface area contributed by atoms with Crippen LogP contribution in [0.1, 0.15) is 19.3 Å².